The molecule has 1 aliphatic heterocycles. The molecular weight excluding hydrogens is 722 g/mol. The predicted octanol–water partition coefficient (Wildman–Crippen LogP) is 1.68. The molecule has 4 unspecified atom stereocenters. The van der Waals surface area contributed by atoms with E-state index in [0.717, 1.165) is 0 Å². The lowest BCUT2D eigenvalue weighted by Crippen LogP contribution is -2.54. The van der Waals surface area contributed by atoms with Gasteiger partial charge in [-0.05, 0) is 32.4 Å². The van der Waals surface area contributed by atoms with Gasteiger partial charge in [-0.15, -0.1) is 12.4 Å². The Morgan fingerprint density at radius 3 is 2.30 bits per heavy atom. The van der Waals surface area contributed by atoms with Crippen LogP contribution in [0.4, 0.5) is 0 Å². The van der Waals surface area contributed by atoms with Gasteiger partial charge in [-0.1, -0.05) is 12.1 Å². The zero-order valence-corrected chi connectivity index (χ0v) is 30.4. The standard InChI is InChI=1S/C36H43NO15.ClH/c1-16-31(42)21(37-11-6-5-10-25(50-17(2)39)51-18(3)40)12-26(49-16)52-23-14-36(47,24(41)15-38)13-20-28(23)35(46)30-29(33(20)44)32(43)19-8-7-9-22(48-4)27(19)34(30)45;/h7-9,16,21,23,25-26,31,37-38,42,44,46-47H,5-6,10-15H2,1-4H3;1H/t16?,21?,23-,26?,31?,36-;/m0./s1. The number of benzene rings is 2. The average molecular weight is 766 g/mol. The van der Waals surface area contributed by atoms with E-state index in [2.05, 4.69) is 5.32 Å². The summed E-state index contributed by atoms with van der Waals surface area (Å²) in [6, 6.07) is 3.74. The van der Waals surface area contributed by atoms with Crippen LogP contribution in [0.15, 0.2) is 18.2 Å². The van der Waals surface area contributed by atoms with E-state index in [4.69, 9.17) is 23.7 Å². The van der Waals surface area contributed by atoms with E-state index in [9.17, 15) is 49.5 Å². The van der Waals surface area contributed by atoms with E-state index in [1.807, 2.05) is 0 Å². The number of carbonyl (C=O) groups excluding carboxylic acids is 5. The predicted molar refractivity (Wildman–Crippen MR) is 184 cm³/mol. The smallest absolute Gasteiger partial charge is 0.305 e. The van der Waals surface area contributed by atoms with Crippen molar-refractivity contribution in [1.82, 2.24) is 5.32 Å². The van der Waals surface area contributed by atoms with Crippen molar-refractivity contribution in [3.8, 4) is 17.2 Å². The van der Waals surface area contributed by atoms with E-state index in [-0.39, 0.29) is 53.3 Å². The van der Waals surface area contributed by atoms with Gasteiger partial charge in [0.1, 0.15) is 29.5 Å². The summed E-state index contributed by atoms with van der Waals surface area (Å²) in [6.45, 7) is 3.34. The fourth-order valence-corrected chi connectivity index (χ4v) is 7.15. The Morgan fingerprint density at radius 2 is 1.68 bits per heavy atom. The number of aliphatic hydroxyl groups excluding tert-OH is 2. The van der Waals surface area contributed by atoms with Gasteiger partial charge in [0.15, 0.2) is 17.9 Å². The van der Waals surface area contributed by atoms with Crippen molar-refractivity contribution in [2.75, 3.05) is 20.3 Å². The third-order valence-electron chi connectivity index (χ3n) is 9.63. The minimum Gasteiger partial charge on any atom is -0.507 e. The molecule has 0 spiro atoms. The summed E-state index contributed by atoms with van der Waals surface area (Å²) >= 11 is 0. The molecule has 0 radical (unpaired) electrons. The molecule has 2 aliphatic carbocycles. The zero-order valence-electron chi connectivity index (χ0n) is 29.6. The van der Waals surface area contributed by atoms with Crippen molar-refractivity contribution in [3.63, 3.8) is 0 Å². The largest absolute Gasteiger partial charge is 0.507 e. The third-order valence-corrected chi connectivity index (χ3v) is 9.63. The highest BCUT2D eigenvalue weighted by molar-refractivity contribution is 6.31. The molecular formula is C36H44ClNO15. The van der Waals surface area contributed by atoms with Gasteiger partial charge in [-0.3, -0.25) is 24.0 Å². The molecule has 2 aromatic carbocycles. The Kier molecular flexibility index (Phi) is 13.3. The molecule has 53 heavy (non-hydrogen) atoms. The van der Waals surface area contributed by atoms with Crippen LogP contribution in [-0.2, 0) is 39.8 Å². The van der Waals surface area contributed by atoms with Crippen LogP contribution in [0.2, 0.25) is 0 Å². The number of ether oxygens (including phenoxy) is 5. The summed E-state index contributed by atoms with van der Waals surface area (Å²) in [4.78, 5) is 63.2. The van der Waals surface area contributed by atoms with Gasteiger partial charge in [-0.2, -0.15) is 0 Å². The first-order valence-corrected chi connectivity index (χ1v) is 16.9. The SMILES string of the molecule is COc1cccc2c1C(=O)c1c(O)c3c(c(O)c1C2=O)C[C@@](O)(C(=O)CO)C[C@@H]3OC1CC(NCCCCC(OC(C)=O)OC(C)=O)C(O)C(C)O1.Cl. The first-order valence-electron chi connectivity index (χ1n) is 16.9. The number of phenols is 2. The lowest BCUT2D eigenvalue weighted by Gasteiger charge is -2.43. The van der Waals surface area contributed by atoms with E-state index in [1.165, 1.54) is 39.2 Å². The summed E-state index contributed by atoms with van der Waals surface area (Å²) in [5.41, 5.74) is -3.87. The minimum absolute atomic E-state index is 0. The number of aromatic hydroxyl groups is 2. The molecule has 290 valence electrons. The first kappa shape index (κ1) is 41.6. The molecule has 5 rings (SSSR count). The Hall–Kier alpha value is -4.16. The number of carbonyl (C=O) groups is 5. The van der Waals surface area contributed by atoms with Crippen LogP contribution in [0.25, 0.3) is 0 Å². The summed E-state index contributed by atoms with van der Waals surface area (Å²) in [5, 5.41) is 58.6. The van der Waals surface area contributed by atoms with Crippen LogP contribution in [0.5, 0.6) is 17.2 Å². The lowest BCUT2D eigenvalue weighted by atomic mass is 9.72. The summed E-state index contributed by atoms with van der Waals surface area (Å²) in [5.74, 6) is -5.13. The Balaban J connectivity index is 0.00000627. The van der Waals surface area contributed by atoms with E-state index in [0.29, 0.717) is 19.4 Å². The van der Waals surface area contributed by atoms with E-state index in [1.54, 1.807) is 6.92 Å². The highest BCUT2D eigenvalue weighted by Gasteiger charge is 2.50. The molecule has 0 amide bonds. The molecule has 0 saturated carbocycles. The molecule has 17 heteroatoms. The number of fused-ring (bicyclic) bond motifs is 3. The normalized spacial score (nSPS) is 24.7. The third kappa shape index (κ3) is 8.33. The van der Waals surface area contributed by atoms with Crippen molar-refractivity contribution >= 4 is 41.7 Å². The number of methoxy groups -OCH3 is 1. The second-order valence-corrected chi connectivity index (χ2v) is 13.2. The first-order chi connectivity index (χ1) is 24.6. The quantitative estimate of drug-likeness (QED) is 0.0627. The van der Waals surface area contributed by atoms with Gasteiger partial charge < -0.3 is 54.5 Å². The van der Waals surface area contributed by atoms with Crippen molar-refractivity contribution in [3.05, 3.63) is 51.6 Å². The van der Waals surface area contributed by atoms with Crippen LogP contribution in [0.3, 0.4) is 0 Å². The van der Waals surface area contributed by atoms with E-state index < -0.39 is 114 Å². The maximum Gasteiger partial charge on any atom is 0.305 e. The number of nitrogens with one attached hydrogen (secondary N) is 1. The number of unbranched alkanes of at least 4 members (excludes halogenated alkanes) is 1. The van der Waals surface area contributed by atoms with Gasteiger partial charge in [0.05, 0.1) is 42.1 Å². The number of Topliss-reactive ketones (excluding diaryl/α,β-unsaturated/α-hetero) is 1. The van der Waals surface area contributed by atoms with Crippen LogP contribution >= 0.6 is 12.4 Å². The second-order valence-electron chi connectivity index (χ2n) is 13.2. The van der Waals surface area contributed by atoms with Crippen LogP contribution in [0, 0.1) is 0 Å². The highest BCUT2D eigenvalue weighted by Crippen LogP contribution is 2.52. The molecule has 16 nitrogen and oxygen atoms in total. The fourth-order valence-electron chi connectivity index (χ4n) is 7.15. The molecule has 1 heterocycles. The second kappa shape index (κ2) is 16.9. The monoisotopic (exact) mass is 765 g/mol. The Bertz CT molecular complexity index is 1750. The summed E-state index contributed by atoms with van der Waals surface area (Å²) in [6.07, 6.45) is -5.15. The molecule has 0 bridgehead atoms. The highest BCUT2D eigenvalue weighted by atomic mass is 35.5. The minimum atomic E-state index is -2.30. The fraction of sp³-hybridized carbons (Fsp3) is 0.528. The van der Waals surface area contributed by atoms with Gasteiger partial charge in [0.2, 0.25) is 12.1 Å². The number of hydrogen-bond donors (Lipinski definition) is 6. The van der Waals surface area contributed by atoms with Crippen LogP contribution in [-0.4, -0.2) is 112 Å². The topological polar surface area (TPSA) is 245 Å². The van der Waals surface area contributed by atoms with Crippen molar-refractivity contribution in [1.29, 1.82) is 0 Å². The van der Waals surface area contributed by atoms with Crippen LogP contribution in [0.1, 0.15) is 102 Å². The number of esters is 2. The number of halogens is 1. The molecule has 6 atom stereocenters. The molecule has 3 aliphatic rings. The maximum atomic E-state index is 13.9. The van der Waals surface area contributed by atoms with Gasteiger partial charge in [0, 0.05) is 62.3 Å². The number of phenolic OH excluding ortho intramolecular Hbond substituents is 2. The summed E-state index contributed by atoms with van der Waals surface area (Å²) < 4.78 is 27.5. The van der Waals surface area contributed by atoms with Crippen molar-refractivity contribution in [2.24, 2.45) is 0 Å². The van der Waals surface area contributed by atoms with Crippen molar-refractivity contribution in [2.45, 2.75) is 102 Å². The molecule has 1 fully saturated rings. The maximum absolute atomic E-state index is 13.9. The molecule has 2 aromatic rings. The average Bonchev–Trinajstić information content (AvgIpc) is 3.08. The number of rotatable bonds is 13. The van der Waals surface area contributed by atoms with E-state index >= 15 is 0 Å². The Labute approximate surface area is 310 Å². The molecule has 0 aromatic heterocycles. The van der Waals surface area contributed by atoms with Gasteiger partial charge >= 0.3 is 11.9 Å². The van der Waals surface area contributed by atoms with Gasteiger partial charge in [-0.25, -0.2) is 0 Å². The number of hydrogen-bond acceptors (Lipinski definition) is 16. The number of aliphatic hydroxyl groups is 3. The Morgan fingerprint density at radius 1 is 1.02 bits per heavy atom. The van der Waals surface area contributed by atoms with Gasteiger partial charge in [0.25, 0.3) is 0 Å². The summed E-state index contributed by atoms with van der Waals surface area (Å²) in [7, 11) is 1.31. The number of ketones is 3. The molecule has 1 saturated heterocycles. The zero-order chi connectivity index (χ0) is 38.1. The molecule has 6 N–H and O–H groups in total. The van der Waals surface area contributed by atoms with Crippen LogP contribution < -0.4 is 10.1 Å². The van der Waals surface area contributed by atoms with Crippen molar-refractivity contribution < 1.29 is 73.2 Å². The lowest BCUT2D eigenvalue weighted by molar-refractivity contribution is -0.249.